The number of nitrogens with one attached hydrogen (secondary N) is 1. The van der Waals surface area contributed by atoms with Crippen LogP contribution in [-0.2, 0) is 11.2 Å². The van der Waals surface area contributed by atoms with Gasteiger partial charge in [0, 0.05) is 17.3 Å². The number of anilines is 1. The molecule has 0 spiro atoms. The molecule has 0 aliphatic rings. The highest BCUT2D eigenvalue weighted by molar-refractivity contribution is 5.95. The molecular weight excluding hydrogens is 314 g/mol. The van der Waals surface area contributed by atoms with Crippen molar-refractivity contribution >= 4 is 22.5 Å². The fraction of sp³-hybridized carbons (Fsp3) is 0.111. The summed E-state index contributed by atoms with van der Waals surface area (Å²) in [5, 5.41) is 3.69. The second kappa shape index (κ2) is 7.04. The first-order chi connectivity index (χ1) is 11.6. The van der Waals surface area contributed by atoms with Gasteiger partial charge in [-0.25, -0.2) is 0 Å². The number of benzene rings is 2. The number of nitrogens with zero attached hydrogens (tertiary/aromatic N) is 1. The van der Waals surface area contributed by atoms with Crippen molar-refractivity contribution in [3.8, 4) is 5.75 Å². The number of pyridine rings is 1. The molecule has 4 nitrogen and oxygen atoms in total. The lowest BCUT2D eigenvalue weighted by atomic mass is 10.1. The van der Waals surface area contributed by atoms with E-state index in [0.717, 1.165) is 16.5 Å². The summed E-state index contributed by atoms with van der Waals surface area (Å²) in [6, 6.07) is 15.2. The Kier molecular flexibility index (Phi) is 4.65. The number of halogens is 2. The van der Waals surface area contributed by atoms with Gasteiger partial charge in [-0.05, 0) is 35.9 Å². The van der Waals surface area contributed by atoms with Gasteiger partial charge in [-0.2, -0.15) is 8.78 Å². The largest absolute Gasteiger partial charge is 0.435 e. The highest BCUT2D eigenvalue weighted by Crippen LogP contribution is 2.19. The van der Waals surface area contributed by atoms with E-state index in [9.17, 15) is 13.6 Å². The van der Waals surface area contributed by atoms with Gasteiger partial charge >= 0.3 is 6.61 Å². The second-order valence-corrected chi connectivity index (χ2v) is 5.12. The normalized spacial score (nSPS) is 10.8. The van der Waals surface area contributed by atoms with Crippen LogP contribution in [-0.4, -0.2) is 17.5 Å². The third-order valence-electron chi connectivity index (χ3n) is 3.43. The number of aromatic nitrogens is 1. The van der Waals surface area contributed by atoms with Crippen molar-refractivity contribution in [3.63, 3.8) is 0 Å². The number of rotatable bonds is 5. The van der Waals surface area contributed by atoms with Crippen LogP contribution < -0.4 is 10.1 Å². The number of hydrogen-bond acceptors (Lipinski definition) is 3. The fourth-order valence-electron chi connectivity index (χ4n) is 2.41. The zero-order valence-electron chi connectivity index (χ0n) is 12.6. The van der Waals surface area contributed by atoms with E-state index in [-0.39, 0.29) is 18.1 Å². The number of hydrogen-bond donors (Lipinski definition) is 1. The van der Waals surface area contributed by atoms with Crippen LogP contribution in [0.3, 0.4) is 0 Å². The number of alkyl halides is 2. The zero-order chi connectivity index (χ0) is 16.9. The lowest BCUT2D eigenvalue weighted by Crippen LogP contribution is -2.14. The van der Waals surface area contributed by atoms with Gasteiger partial charge in [-0.1, -0.05) is 24.3 Å². The molecule has 24 heavy (non-hydrogen) atoms. The average molecular weight is 328 g/mol. The molecule has 122 valence electrons. The highest BCUT2D eigenvalue weighted by Gasteiger charge is 2.09. The maximum atomic E-state index is 12.2. The van der Waals surface area contributed by atoms with Crippen molar-refractivity contribution in [1.29, 1.82) is 0 Å². The first-order valence-corrected chi connectivity index (χ1v) is 7.29. The van der Waals surface area contributed by atoms with Gasteiger partial charge in [0.15, 0.2) is 0 Å². The molecule has 1 amide bonds. The monoisotopic (exact) mass is 328 g/mol. The number of carbonyl (C=O) groups excluding carboxylic acids is 1. The van der Waals surface area contributed by atoms with Crippen molar-refractivity contribution in [2.75, 3.05) is 5.32 Å². The predicted molar refractivity (Wildman–Crippen MR) is 87.2 cm³/mol. The molecule has 0 unspecified atom stereocenters. The molecule has 3 rings (SSSR count). The van der Waals surface area contributed by atoms with Crippen molar-refractivity contribution in [1.82, 2.24) is 4.98 Å². The maximum Gasteiger partial charge on any atom is 0.387 e. The van der Waals surface area contributed by atoms with Crippen molar-refractivity contribution in [2.24, 2.45) is 0 Å². The Bertz CT molecular complexity index is 846. The minimum Gasteiger partial charge on any atom is -0.435 e. The predicted octanol–water partition coefficient (Wildman–Crippen LogP) is 4.02. The summed E-state index contributed by atoms with van der Waals surface area (Å²) in [5.74, 6) is -0.170. The first-order valence-electron chi connectivity index (χ1n) is 7.29. The summed E-state index contributed by atoms with van der Waals surface area (Å²) < 4.78 is 28.5. The molecule has 1 heterocycles. The quantitative estimate of drug-likeness (QED) is 0.770. The summed E-state index contributed by atoms with van der Waals surface area (Å²) in [4.78, 5) is 16.5. The van der Waals surface area contributed by atoms with Crippen molar-refractivity contribution in [3.05, 3.63) is 66.4 Å². The molecule has 3 aromatic rings. The van der Waals surface area contributed by atoms with Gasteiger partial charge in [0.1, 0.15) is 5.75 Å². The standard InChI is InChI=1S/C18H14F2N2O2/c19-18(20)24-15-8-6-14(7-9-15)22-16(23)11-13-4-1-3-12-5-2-10-21-17(12)13/h1-10,18H,11H2,(H,22,23). The van der Waals surface area contributed by atoms with Crippen LogP contribution in [0.15, 0.2) is 60.8 Å². The van der Waals surface area contributed by atoms with E-state index < -0.39 is 6.61 Å². The summed E-state index contributed by atoms with van der Waals surface area (Å²) in [6.45, 7) is -2.87. The number of fused-ring (bicyclic) bond motifs is 1. The van der Waals surface area contributed by atoms with E-state index in [1.165, 1.54) is 24.3 Å². The Hall–Kier alpha value is -3.02. The molecular formula is C18H14F2N2O2. The Morgan fingerprint density at radius 3 is 2.58 bits per heavy atom. The fourth-order valence-corrected chi connectivity index (χ4v) is 2.41. The molecule has 1 N–H and O–H groups in total. The smallest absolute Gasteiger partial charge is 0.387 e. The van der Waals surface area contributed by atoms with Gasteiger partial charge < -0.3 is 10.1 Å². The molecule has 0 fully saturated rings. The Morgan fingerprint density at radius 1 is 1.08 bits per heavy atom. The van der Waals surface area contributed by atoms with Crippen LogP contribution in [0.4, 0.5) is 14.5 Å². The van der Waals surface area contributed by atoms with Crippen LogP contribution in [0.1, 0.15) is 5.56 Å². The topological polar surface area (TPSA) is 51.2 Å². The van der Waals surface area contributed by atoms with E-state index in [1.54, 1.807) is 6.20 Å². The number of ether oxygens (including phenoxy) is 1. The molecule has 0 saturated carbocycles. The number of para-hydroxylation sites is 1. The Morgan fingerprint density at radius 2 is 1.83 bits per heavy atom. The highest BCUT2D eigenvalue weighted by atomic mass is 19.3. The summed E-state index contributed by atoms with van der Waals surface area (Å²) in [5.41, 5.74) is 2.12. The van der Waals surface area contributed by atoms with E-state index in [2.05, 4.69) is 15.0 Å². The lowest BCUT2D eigenvalue weighted by molar-refractivity contribution is -0.115. The summed E-state index contributed by atoms with van der Waals surface area (Å²) >= 11 is 0. The van der Waals surface area contributed by atoms with Crippen LogP contribution in [0.25, 0.3) is 10.9 Å². The minimum absolute atomic E-state index is 0.0428. The summed E-state index contributed by atoms with van der Waals surface area (Å²) in [6.07, 6.45) is 1.86. The van der Waals surface area contributed by atoms with Gasteiger partial charge in [-0.15, -0.1) is 0 Å². The van der Waals surface area contributed by atoms with E-state index >= 15 is 0 Å². The van der Waals surface area contributed by atoms with Crippen molar-refractivity contribution < 1.29 is 18.3 Å². The van der Waals surface area contributed by atoms with E-state index in [4.69, 9.17) is 0 Å². The van der Waals surface area contributed by atoms with Gasteiger partial charge in [-0.3, -0.25) is 9.78 Å². The molecule has 0 atom stereocenters. The number of amides is 1. The van der Waals surface area contributed by atoms with Crippen LogP contribution in [0.2, 0.25) is 0 Å². The van der Waals surface area contributed by atoms with Gasteiger partial charge in [0.2, 0.25) is 5.91 Å². The van der Waals surface area contributed by atoms with Crippen molar-refractivity contribution in [2.45, 2.75) is 13.0 Å². The molecule has 6 heteroatoms. The van der Waals surface area contributed by atoms with E-state index in [1.807, 2.05) is 30.3 Å². The van der Waals surface area contributed by atoms with Gasteiger partial charge in [0.25, 0.3) is 0 Å². The summed E-state index contributed by atoms with van der Waals surface area (Å²) in [7, 11) is 0. The maximum absolute atomic E-state index is 12.2. The molecule has 0 aliphatic carbocycles. The van der Waals surface area contributed by atoms with Gasteiger partial charge in [0.05, 0.1) is 11.9 Å². The lowest BCUT2D eigenvalue weighted by Gasteiger charge is -2.08. The first kappa shape index (κ1) is 15.9. The molecule has 0 aliphatic heterocycles. The number of carbonyl (C=O) groups is 1. The zero-order valence-corrected chi connectivity index (χ0v) is 12.6. The molecule has 1 aromatic heterocycles. The average Bonchev–Trinajstić information content (AvgIpc) is 2.56. The molecule has 0 bridgehead atoms. The van der Waals surface area contributed by atoms with Crippen LogP contribution >= 0.6 is 0 Å². The third-order valence-corrected chi connectivity index (χ3v) is 3.43. The van der Waals surface area contributed by atoms with Crippen LogP contribution in [0, 0.1) is 0 Å². The molecule has 0 radical (unpaired) electrons. The molecule has 2 aromatic carbocycles. The minimum atomic E-state index is -2.87. The van der Waals surface area contributed by atoms with Crippen LogP contribution in [0.5, 0.6) is 5.75 Å². The SMILES string of the molecule is O=C(Cc1cccc2cccnc12)Nc1ccc(OC(F)F)cc1. The Labute approximate surface area is 137 Å². The molecule has 0 saturated heterocycles. The van der Waals surface area contributed by atoms with E-state index in [0.29, 0.717) is 5.69 Å². The Balaban J connectivity index is 1.69. The third kappa shape index (κ3) is 3.84. The second-order valence-electron chi connectivity index (χ2n) is 5.12.